The van der Waals surface area contributed by atoms with Gasteiger partial charge in [-0.05, 0) is 12.3 Å². The van der Waals surface area contributed by atoms with Gasteiger partial charge in [0.25, 0.3) is 0 Å². The Morgan fingerprint density at radius 3 is 2.30 bits per heavy atom. The maximum Gasteiger partial charge on any atom is 0.209 e. The van der Waals surface area contributed by atoms with Crippen molar-refractivity contribution < 1.29 is 4.79 Å². The third-order valence-corrected chi connectivity index (χ3v) is 1.60. The minimum absolute atomic E-state index is 0.722. The molecular weight excluding hydrogens is 126 g/mol. The monoisotopic (exact) mass is 143 g/mol. The van der Waals surface area contributed by atoms with E-state index in [1.807, 2.05) is 18.7 Å². The zero-order valence-corrected chi connectivity index (χ0v) is 7.13. The maximum absolute atomic E-state index is 10.1. The smallest absolute Gasteiger partial charge is 0.209 e. The van der Waals surface area contributed by atoms with Crippen LogP contribution in [0.25, 0.3) is 0 Å². The van der Waals surface area contributed by atoms with E-state index in [0.29, 0.717) is 0 Å². The van der Waals surface area contributed by atoms with E-state index in [1.54, 1.807) is 0 Å². The standard InChI is InChI=1S/C6H11NO.C2H6/c1-6-2-3-7(4-6)5-8;1-2/h5-6H,2-4H2,1H3;1-2H3. The summed E-state index contributed by atoms with van der Waals surface area (Å²) in [5.41, 5.74) is 0. The topological polar surface area (TPSA) is 20.3 Å². The summed E-state index contributed by atoms with van der Waals surface area (Å²) in [6.45, 7) is 8.09. The molecule has 0 radical (unpaired) electrons. The highest BCUT2D eigenvalue weighted by Crippen LogP contribution is 2.11. The lowest BCUT2D eigenvalue weighted by Crippen LogP contribution is -2.17. The van der Waals surface area contributed by atoms with Gasteiger partial charge in [-0.1, -0.05) is 20.8 Å². The minimum Gasteiger partial charge on any atom is -0.345 e. The lowest BCUT2D eigenvalue weighted by Gasteiger charge is -2.04. The molecule has 1 atom stereocenters. The molecule has 1 fully saturated rings. The highest BCUT2D eigenvalue weighted by Gasteiger charge is 2.15. The van der Waals surface area contributed by atoms with Crippen molar-refractivity contribution in [3.8, 4) is 0 Å². The van der Waals surface area contributed by atoms with Gasteiger partial charge in [0.1, 0.15) is 0 Å². The van der Waals surface area contributed by atoms with Crippen LogP contribution in [0.15, 0.2) is 0 Å². The molecule has 0 N–H and O–H groups in total. The van der Waals surface area contributed by atoms with Gasteiger partial charge in [0.05, 0.1) is 0 Å². The van der Waals surface area contributed by atoms with Crippen molar-refractivity contribution in [2.75, 3.05) is 13.1 Å². The van der Waals surface area contributed by atoms with Crippen LogP contribution in [0, 0.1) is 5.92 Å². The number of likely N-dealkylation sites (tertiary alicyclic amines) is 1. The van der Waals surface area contributed by atoms with Gasteiger partial charge in [0, 0.05) is 13.1 Å². The molecule has 1 aliphatic rings. The lowest BCUT2D eigenvalue weighted by atomic mass is 10.2. The third kappa shape index (κ3) is 2.85. The van der Waals surface area contributed by atoms with Crippen LogP contribution in [0.5, 0.6) is 0 Å². The molecule has 0 aromatic carbocycles. The summed E-state index contributed by atoms with van der Waals surface area (Å²) in [6.07, 6.45) is 2.11. The lowest BCUT2D eigenvalue weighted by molar-refractivity contribution is -0.117. The molecule has 1 heterocycles. The van der Waals surface area contributed by atoms with Crippen LogP contribution in [0.1, 0.15) is 27.2 Å². The quantitative estimate of drug-likeness (QED) is 0.509. The Morgan fingerprint density at radius 1 is 1.50 bits per heavy atom. The average molecular weight is 143 g/mol. The number of nitrogens with zero attached hydrogens (tertiary/aromatic N) is 1. The summed E-state index contributed by atoms with van der Waals surface area (Å²) >= 11 is 0. The largest absolute Gasteiger partial charge is 0.345 e. The van der Waals surface area contributed by atoms with Gasteiger partial charge in [-0.15, -0.1) is 0 Å². The molecule has 0 bridgehead atoms. The molecule has 2 nitrogen and oxygen atoms in total. The van der Waals surface area contributed by atoms with Crippen molar-refractivity contribution in [3.63, 3.8) is 0 Å². The highest BCUT2D eigenvalue weighted by molar-refractivity contribution is 5.47. The Labute approximate surface area is 63.2 Å². The van der Waals surface area contributed by atoms with Crippen LogP contribution in [0.2, 0.25) is 0 Å². The Hall–Kier alpha value is -0.530. The molecule has 1 rings (SSSR count). The average Bonchev–Trinajstić information content (AvgIpc) is 2.40. The zero-order chi connectivity index (χ0) is 7.98. The van der Waals surface area contributed by atoms with E-state index in [1.165, 1.54) is 6.42 Å². The number of hydrogen-bond donors (Lipinski definition) is 0. The van der Waals surface area contributed by atoms with Gasteiger partial charge in [-0.3, -0.25) is 4.79 Å². The SMILES string of the molecule is CC.CC1CCN(C=O)C1. The first-order chi connectivity index (χ1) is 4.83. The molecule has 10 heavy (non-hydrogen) atoms. The van der Waals surface area contributed by atoms with Crippen LogP contribution in [0.3, 0.4) is 0 Å². The number of rotatable bonds is 1. The molecular formula is C8H17NO. The van der Waals surface area contributed by atoms with Crippen LogP contribution in [0.4, 0.5) is 0 Å². The van der Waals surface area contributed by atoms with Gasteiger partial charge in [-0.25, -0.2) is 0 Å². The fourth-order valence-electron chi connectivity index (χ4n) is 1.06. The van der Waals surface area contributed by atoms with Gasteiger partial charge in [-0.2, -0.15) is 0 Å². The Balaban J connectivity index is 0.000000371. The Bertz CT molecular complexity index is 93.3. The van der Waals surface area contributed by atoms with Crippen molar-refractivity contribution in [2.24, 2.45) is 5.92 Å². The summed E-state index contributed by atoms with van der Waals surface area (Å²) in [7, 11) is 0. The second-order valence-corrected chi connectivity index (χ2v) is 2.49. The molecule has 1 amide bonds. The molecule has 0 saturated carbocycles. The zero-order valence-electron chi connectivity index (χ0n) is 7.13. The van der Waals surface area contributed by atoms with E-state index in [4.69, 9.17) is 0 Å². The van der Waals surface area contributed by atoms with E-state index in [0.717, 1.165) is 25.4 Å². The van der Waals surface area contributed by atoms with Crippen LogP contribution >= 0.6 is 0 Å². The molecule has 0 spiro atoms. The summed E-state index contributed by atoms with van der Waals surface area (Å²) in [6, 6.07) is 0. The molecule has 0 aromatic rings. The normalized spacial score (nSPS) is 23.5. The molecule has 60 valence electrons. The summed E-state index contributed by atoms with van der Waals surface area (Å²) in [5, 5.41) is 0. The van der Waals surface area contributed by atoms with Gasteiger partial charge in [0.15, 0.2) is 0 Å². The van der Waals surface area contributed by atoms with Gasteiger partial charge in [0.2, 0.25) is 6.41 Å². The van der Waals surface area contributed by atoms with E-state index in [2.05, 4.69) is 6.92 Å². The predicted octanol–water partition coefficient (Wildman–Crippen LogP) is 1.51. The van der Waals surface area contributed by atoms with Gasteiger partial charge < -0.3 is 4.90 Å². The van der Waals surface area contributed by atoms with Crippen molar-refractivity contribution in [2.45, 2.75) is 27.2 Å². The summed E-state index contributed by atoms with van der Waals surface area (Å²) in [4.78, 5) is 11.9. The Kier molecular flexibility index (Phi) is 4.99. The number of hydrogen-bond acceptors (Lipinski definition) is 1. The van der Waals surface area contributed by atoms with E-state index in [9.17, 15) is 4.79 Å². The number of carbonyl (C=O) groups excluding carboxylic acids is 1. The minimum atomic E-state index is 0.722. The van der Waals surface area contributed by atoms with Crippen molar-refractivity contribution in [1.82, 2.24) is 4.90 Å². The fraction of sp³-hybridized carbons (Fsp3) is 0.875. The van der Waals surface area contributed by atoms with Gasteiger partial charge >= 0.3 is 0 Å². The van der Waals surface area contributed by atoms with E-state index >= 15 is 0 Å². The highest BCUT2D eigenvalue weighted by atomic mass is 16.1. The molecule has 0 aliphatic carbocycles. The predicted molar refractivity (Wildman–Crippen MR) is 42.8 cm³/mol. The first-order valence-electron chi connectivity index (χ1n) is 4.02. The maximum atomic E-state index is 10.1. The first-order valence-corrected chi connectivity index (χ1v) is 4.02. The molecule has 1 saturated heterocycles. The number of carbonyl (C=O) groups is 1. The second kappa shape index (κ2) is 5.27. The second-order valence-electron chi connectivity index (χ2n) is 2.49. The van der Waals surface area contributed by atoms with Crippen LogP contribution in [-0.4, -0.2) is 24.4 Å². The van der Waals surface area contributed by atoms with Crippen molar-refractivity contribution >= 4 is 6.41 Å². The number of amides is 1. The molecule has 2 heteroatoms. The van der Waals surface area contributed by atoms with Crippen molar-refractivity contribution in [1.29, 1.82) is 0 Å². The summed E-state index contributed by atoms with van der Waals surface area (Å²) in [5.74, 6) is 0.722. The first kappa shape index (κ1) is 9.47. The Morgan fingerprint density at radius 2 is 2.10 bits per heavy atom. The van der Waals surface area contributed by atoms with E-state index in [-0.39, 0.29) is 0 Å². The summed E-state index contributed by atoms with van der Waals surface area (Å²) < 4.78 is 0. The van der Waals surface area contributed by atoms with E-state index < -0.39 is 0 Å². The van der Waals surface area contributed by atoms with Crippen LogP contribution < -0.4 is 0 Å². The molecule has 1 aliphatic heterocycles. The molecule has 0 aromatic heterocycles. The van der Waals surface area contributed by atoms with Crippen LogP contribution in [-0.2, 0) is 4.79 Å². The third-order valence-electron chi connectivity index (χ3n) is 1.60. The van der Waals surface area contributed by atoms with Crippen molar-refractivity contribution in [3.05, 3.63) is 0 Å². The molecule has 1 unspecified atom stereocenters. The fourth-order valence-corrected chi connectivity index (χ4v) is 1.06.